The lowest BCUT2D eigenvalue weighted by Crippen LogP contribution is -2.23. The molecule has 1 saturated heterocycles. The Morgan fingerprint density at radius 2 is 1.86 bits per heavy atom. The molecule has 1 fully saturated rings. The maximum absolute atomic E-state index is 12.4. The molecule has 0 radical (unpaired) electrons. The van der Waals surface area contributed by atoms with Gasteiger partial charge in [0.05, 0.1) is 5.56 Å². The van der Waals surface area contributed by atoms with Gasteiger partial charge in [-0.1, -0.05) is 18.2 Å². The monoisotopic (exact) mass is 391 g/mol. The van der Waals surface area contributed by atoms with E-state index in [-0.39, 0.29) is 12.5 Å². The van der Waals surface area contributed by atoms with Crippen molar-refractivity contribution >= 4 is 40.1 Å². The number of nitrogens with zero attached hydrogens (tertiary/aromatic N) is 2. The molecular weight excluding hydrogens is 370 g/mol. The van der Waals surface area contributed by atoms with Crippen LogP contribution in [0.25, 0.3) is 10.9 Å². The molecule has 0 spiro atoms. The Labute approximate surface area is 167 Å². The maximum Gasteiger partial charge on any atom is 0.340 e. The smallest absolute Gasteiger partial charge is 0.340 e. The molecule has 1 N–H and O–H groups in total. The fourth-order valence-corrected chi connectivity index (χ4v) is 3.56. The number of benzene rings is 2. The molecule has 0 aliphatic carbocycles. The Kier molecular flexibility index (Phi) is 5.03. The third-order valence-electron chi connectivity index (χ3n) is 4.99. The van der Waals surface area contributed by atoms with E-state index >= 15 is 0 Å². The molecule has 0 unspecified atom stereocenters. The van der Waals surface area contributed by atoms with Crippen LogP contribution < -0.4 is 10.2 Å². The second-order valence-electron chi connectivity index (χ2n) is 6.99. The number of aromatic nitrogens is 1. The summed E-state index contributed by atoms with van der Waals surface area (Å²) in [6, 6.07) is 14.6. The van der Waals surface area contributed by atoms with Crippen molar-refractivity contribution in [1.29, 1.82) is 0 Å². The molecule has 0 atom stereocenters. The summed E-state index contributed by atoms with van der Waals surface area (Å²) in [7, 11) is 1.85. The second-order valence-corrected chi connectivity index (χ2v) is 6.99. The first-order chi connectivity index (χ1) is 14.0. The number of carbonyl (C=O) groups excluding carboxylic acids is 3. The van der Waals surface area contributed by atoms with Gasteiger partial charge in [0.25, 0.3) is 5.91 Å². The zero-order chi connectivity index (χ0) is 20.4. The molecule has 7 heteroatoms. The number of esters is 1. The number of fused-ring (bicyclic) bond motifs is 1. The highest BCUT2D eigenvalue weighted by atomic mass is 16.5. The van der Waals surface area contributed by atoms with Gasteiger partial charge < -0.3 is 19.5 Å². The van der Waals surface area contributed by atoms with E-state index in [0.29, 0.717) is 24.2 Å². The molecule has 0 saturated carbocycles. The standard InChI is InChI=1S/C22H21N3O4/c1-24-13-18(17-5-2-3-6-19(17)24)22(28)29-14-20(26)23-15-8-10-16(11-9-15)25-12-4-7-21(25)27/h2-3,5-6,8-11,13H,4,7,12,14H2,1H3,(H,23,26). The number of hydrogen-bond acceptors (Lipinski definition) is 4. The number of para-hydroxylation sites is 1. The number of carbonyl (C=O) groups is 3. The van der Waals surface area contributed by atoms with Gasteiger partial charge in [-0.3, -0.25) is 9.59 Å². The summed E-state index contributed by atoms with van der Waals surface area (Å²) in [5.41, 5.74) is 2.73. The number of ether oxygens (including phenoxy) is 1. The summed E-state index contributed by atoms with van der Waals surface area (Å²) in [5, 5.41) is 3.48. The quantitative estimate of drug-likeness (QED) is 0.678. The Bertz CT molecular complexity index is 1090. The highest BCUT2D eigenvalue weighted by molar-refractivity contribution is 6.05. The van der Waals surface area contributed by atoms with Crippen LogP contribution in [0.1, 0.15) is 23.2 Å². The Hall–Kier alpha value is -3.61. The molecule has 2 amide bonds. The fourth-order valence-electron chi connectivity index (χ4n) is 3.56. The van der Waals surface area contributed by atoms with E-state index in [1.54, 1.807) is 35.4 Å². The van der Waals surface area contributed by atoms with Gasteiger partial charge in [0, 0.05) is 48.5 Å². The van der Waals surface area contributed by atoms with Crippen molar-refractivity contribution in [1.82, 2.24) is 4.57 Å². The van der Waals surface area contributed by atoms with E-state index in [9.17, 15) is 14.4 Å². The van der Waals surface area contributed by atoms with Crippen LogP contribution in [-0.2, 0) is 21.4 Å². The molecule has 29 heavy (non-hydrogen) atoms. The summed E-state index contributed by atoms with van der Waals surface area (Å²) in [6.45, 7) is 0.336. The topological polar surface area (TPSA) is 80.6 Å². The molecule has 1 aliphatic rings. The molecule has 3 aromatic rings. The van der Waals surface area contributed by atoms with E-state index in [1.165, 1.54) is 0 Å². The summed E-state index contributed by atoms with van der Waals surface area (Å²) in [4.78, 5) is 38.1. The number of rotatable bonds is 5. The summed E-state index contributed by atoms with van der Waals surface area (Å²) in [5.74, 6) is -0.856. The van der Waals surface area contributed by atoms with Gasteiger partial charge in [0.15, 0.2) is 6.61 Å². The number of nitrogens with one attached hydrogen (secondary N) is 1. The van der Waals surface area contributed by atoms with Gasteiger partial charge in [-0.15, -0.1) is 0 Å². The van der Waals surface area contributed by atoms with Crippen LogP contribution in [0, 0.1) is 0 Å². The van der Waals surface area contributed by atoms with Crippen LogP contribution in [0.3, 0.4) is 0 Å². The predicted octanol–water partition coefficient (Wildman–Crippen LogP) is 3.10. The summed E-state index contributed by atoms with van der Waals surface area (Å²) in [6.07, 6.45) is 3.13. The molecule has 2 heterocycles. The lowest BCUT2D eigenvalue weighted by Gasteiger charge is -2.16. The first-order valence-electron chi connectivity index (χ1n) is 9.44. The van der Waals surface area contributed by atoms with Gasteiger partial charge in [0.2, 0.25) is 5.91 Å². The van der Waals surface area contributed by atoms with Crippen LogP contribution in [0.15, 0.2) is 54.7 Å². The lowest BCUT2D eigenvalue weighted by atomic mass is 10.2. The highest BCUT2D eigenvalue weighted by Crippen LogP contribution is 2.23. The lowest BCUT2D eigenvalue weighted by molar-refractivity contribution is -0.119. The van der Waals surface area contributed by atoms with E-state index in [1.807, 2.05) is 35.9 Å². The Morgan fingerprint density at radius 1 is 1.10 bits per heavy atom. The SMILES string of the molecule is Cn1cc(C(=O)OCC(=O)Nc2ccc(N3CCCC3=O)cc2)c2ccccc21. The molecule has 1 aliphatic heterocycles. The number of hydrogen-bond donors (Lipinski definition) is 1. The first kappa shape index (κ1) is 18.7. The second kappa shape index (κ2) is 7.79. The molecule has 0 bridgehead atoms. The minimum atomic E-state index is -0.542. The normalized spacial score (nSPS) is 13.7. The summed E-state index contributed by atoms with van der Waals surface area (Å²) >= 11 is 0. The van der Waals surface area contributed by atoms with Crippen molar-refractivity contribution in [2.75, 3.05) is 23.4 Å². The van der Waals surface area contributed by atoms with Crippen LogP contribution in [0.4, 0.5) is 11.4 Å². The molecule has 7 nitrogen and oxygen atoms in total. The summed E-state index contributed by atoms with van der Waals surface area (Å²) < 4.78 is 7.03. The average Bonchev–Trinajstić information content (AvgIpc) is 3.30. The Balaban J connectivity index is 1.35. The Morgan fingerprint density at radius 3 is 2.59 bits per heavy atom. The number of aryl methyl sites for hydroxylation is 1. The van der Waals surface area contributed by atoms with Crippen molar-refractivity contribution in [3.63, 3.8) is 0 Å². The fraction of sp³-hybridized carbons (Fsp3) is 0.227. The predicted molar refractivity (Wildman–Crippen MR) is 110 cm³/mol. The van der Waals surface area contributed by atoms with E-state index < -0.39 is 11.9 Å². The van der Waals surface area contributed by atoms with Crippen molar-refractivity contribution < 1.29 is 19.1 Å². The van der Waals surface area contributed by atoms with Gasteiger partial charge in [0.1, 0.15) is 0 Å². The van der Waals surface area contributed by atoms with Gasteiger partial charge >= 0.3 is 5.97 Å². The van der Waals surface area contributed by atoms with Gasteiger partial charge in [-0.05, 0) is 36.8 Å². The average molecular weight is 391 g/mol. The minimum Gasteiger partial charge on any atom is -0.452 e. The molecule has 148 valence electrons. The molecule has 2 aromatic carbocycles. The zero-order valence-corrected chi connectivity index (χ0v) is 16.1. The molecule has 1 aromatic heterocycles. The van der Waals surface area contributed by atoms with Crippen LogP contribution in [0.2, 0.25) is 0 Å². The number of amides is 2. The number of anilines is 2. The minimum absolute atomic E-state index is 0.113. The van der Waals surface area contributed by atoms with Crippen LogP contribution in [0.5, 0.6) is 0 Å². The van der Waals surface area contributed by atoms with Gasteiger partial charge in [-0.2, -0.15) is 0 Å². The van der Waals surface area contributed by atoms with E-state index in [0.717, 1.165) is 23.0 Å². The van der Waals surface area contributed by atoms with E-state index in [4.69, 9.17) is 4.74 Å². The van der Waals surface area contributed by atoms with Crippen molar-refractivity contribution in [2.24, 2.45) is 7.05 Å². The zero-order valence-electron chi connectivity index (χ0n) is 16.1. The van der Waals surface area contributed by atoms with Crippen molar-refractivity contribution in [2.45, 2.75) is 12.8 Å². The van der Waals surface area contributed by atoms with Crippen LogP contribution in [-0.4, -0.2) is 35.5 Å². The van der Waals surface area contributed by atoms with Crippen molar-refractivity contribution in [3.8, 4) is 0 Å². The molecule has 4 rings (SSSR count). The first-order valence-corrected chi connectivity index (χ1v) is 9.44. The van der Waals surface area contributed by atoms with Crippen LogP contribution >= 0.6 is 0 Å². The third kappa shape index (κ3) is 3.85. The van der Waals surface area contributed by atoms with Gasteiger partial charge in [-0.25, -0.2) is 4.79 Å². The third-order valence-corrected chi connectivity index (χ3v) is 4.99. The largest absolute Gasteiger partial charge is 0.452 e. The highest BCUT2D eigenvalue weighted by Gasteiger charge is 2.21. The maximum atomic E-state index is 12.4. The van der Waals surface area contributed by atoms with Crippen molar-refractivity contribution in [3.05, 3.63) is 60.3 Å². The van der Waals surface area contributed by atoms with E-state index in [2.05, 4.69) is 5.32 Å². The molecular formula is C22H21N3O4.